The van der Waals surface area contributed by atoms with Crippen molar-refractivity contribution >= 4 is 11.7 Å². The summed E-state index contributed by atoms with van der Waals surface area (Å²) in [6.07, 6.45) is 2.06. The Morgan fingerprint density at radius 3 is 2.22 bits per heavy atom. The molecule has 4 heteroatoms. The molecule has 0 aromatic carbocycles. The molecule has 0 aromatic rings. The average molecular weight is 257 g/mol. The highest BCUT2D eigenvalue weighted by Crippen LogP contribution is 2.04. The van der Waals surface area contributed by atoms with Crippen molar-refractivity contribution in [2.24, 2.45) is 11.8 Å². The molecule has 0 fully saturated rings. The maximum atomic E-state index is 11.6. The Morgan fingerprint density at radius 1 is 1.17 bits per heavy atom. The van der Waals surface area contributed by atoms with Gasteiger partial charge in [-0.2, -0.15) is 0 Å². The Bertz CT molecular complexity index is 262. The van der Waals surface area contributed by atoms with Crippen LogP contribution in [0.1, 0.15) is 47.5 Å². The second-order valence-corrected chi connectivity index (χ2v) is 5.49. The molecule has 0 aliphatic carbocycles. The lowest BCUT2D eigenvalue weighted by molar-refractivity contribution is -0.130. The number of nitrogens with one attached hydrogen (secondary N) is 1. The number of amides is 1. The van der Waals surface area contributed by atoms with Gasteiger partial charge in [-0.3, -0.25) is 9.59 Å². The molecule has 18 heavy (non-hydrogen) atoms. The van der Waals surface area contributed by atoms with Gasteiger partial charge < -0.3 is 10.1 Å². The van der Waals surface area contributed by atoms with Crippen molar-refractivity contribution in [3.8, 4) is 0 Å². The summed E-state index contributed by atoms with van der Waals surface area (Å²) in [5.74, 6) is 0.532. The first-order valence-corrected chi connectivity index (χ1v) is 6.72. The predicted octanol–water partition coefficient (Wildman–Crippen LogP) is 2.17. The van der Waals surface area contributed by atoms with E-state index in [0.29, 0.717) is 12.5 Å². The van der Waals surface area contributed by atoms with Crippen LogP contribution in [0.4, 0.5) is 0 Å². The molecule has 1 amide bonds. The largest absolute Gasteiger partial charge is 0.372 e. The molecule has 0 heterocycles. The number of carbonyl (C=O) groups excluding carboxylic acids is 2. The summed E-state index contributed by atoms with van der Waals surface area (Å²) >= 11 is 0. The number of carbonyl (C=O) groups is 2. The highest BCUT2D eigenvalue weighted by Gasteiger charge is 2.20. The first kappa shape index (κ1) is 17.1. The fourth-order valence-corrected chi connectivity index (χ4v) is 1.71. The van der Waals surface area contributed by atoms with E-state index in [1.807, 2.05) is 13.8 Å². The third-order valence-electron chi connectivity index (χ3n) is 2.72. The lowest BCUT2D eigenvalue weighted by Crippen LogP contribution is -2.44. The van der Waals surface area contributed by atoms with E-state index < -0.39 is 6.04 Å². The third-order valence-corrected chi connectivity index (χ3v) is 2.72. The number of hydrogen-bond acceptors (Lipinski definition) is 3. The summed E-state index contributed by atoms with van der Waals surface area (Å²) in [5, 5.41) is 2.70. The molecule has 0 aromatic heterocycles. The minimum absolute atomic E-state index is 0.0156. The Hall–Kier alpha value is -0.900. The van der Waals surface area contributed by atoms with Gasteiger partial charge in [0.15, 0.2) is 5.78 Å². The third kappa shape index (κ3) is 8.23. The molecular formula is C14H27NO3. The van der Waals surface area contributed by atoms with E-state index in [0.717, 1.165) is 12.8 Å². The van der Waals surface area contributed by atoms with Crippen molar-refractivity contribution in [3.05, 3.63) is 0 Å². The summed E-state index contributed by atoms with van der Waals surface area (Å²) < 4.78 is 5.28. The monoisotopic (exact) mass is 257 g/mol. The SMILES string of the molecule is CC(=O)C(NC(=O)COCCCC(C)C)C(C)C. The van der Waals surface area contributed by atoms with Crippen molar-refractivity contribution in [3.63, 3.8) is 0 Å². The molecular weight excluding hydrogens is 230 g/mol. The molecule has 0 rings (SSSR count). The van der Waals surface area contributed by atoms with E-state index >= 15 is 0 Å². The van der Waals surface area contributed by atoms with Crippen molar-refractivity contribution < 1.29 is 14.3 Å². The summed E-state index contributed by atoms with van der Waals surface area (Å²) in [6.45, 7) is 10.3. The first-order chi connectivity index (χ1) is 8.34. The average Bonchev–Trinajstić information content (AvgIpc) is 2.24. The Labute approximate surface area is 110 Å². The van der Waals surface area contributed by atoms with Crippen molar-refractivity contribution in [1.29, 1.82) is 0 Å². The molecule has 0 radical (unpaired) electrons. The molecule has 0 spiro atoms. The lowest BCUT2D eigenvalue weighted by atomic mass is 10.0. The zero-order valence-electron chi connectivity index (χ0n) is 12.3. The number of hydrogen-bond donors (Lipinski definition) is 1. The van der Waals surface area contributed by atoms with Gasteiger partial charge in [0.2, 0.25) is 5.91 Å². The van der Waals surface area contributed by atoms with Crippen LogP contribution >= 0.6 is 0 Å². The van der Waals surface area contributed by atoms with Gasteiger partial charge in [-0.15, -0.1) is 0 Å². The number of ether oxygens (including phenoxy) is 1. The minimum Gasteiger partial charge on any atom is -0.372 e. The number of ketones is 1. The molecule has 0 saturated carbocycles. The molecule has 1 N–H and O–H groups in total. The molecule has 1 atom stereocenters. The molecule has 106 valence electrons. The molecule has 0 bridgehead atoms. The van der Waals surface area contributed by atoms with Crippen LogP contribution in [-0.2, 0) is 14.3 Å². The summed E-state index contributed by atoms with van der Waals surface area (Å²) in [4.78, 5) is 22.9. The highest BCUT2D eigenvalue weighted by atomic mass is 16.5. The van der Waals surface area contributed by atoms with E-state index in [4.69, 9.17) is 4.74 Å². The van der Waals surface area contributed by atoms with Crippen LogP contribution < -0.4 is 5.32 Å². The van der Waals surface area contributed by atoms with Crippen LogP contribution in [0.25, 0.3) is 0 Å². The zero-order chi connectivity index (χ0) is 14.1. The van der Waals surface area contributed by atoms with Crippen molar-refractivity contribution in [1.82, 2.24) is 5.32 Å². The predicted molar refractivity (Wildman–Crippen MR) is 72.3 cm³/mol. The standard InChI is InChI=1S/C14H27NO3/c1-10(2)7-6-8-18-9-13(17)15-14(11(3)4)12(5)16/h10-11,14H,6-9H2,1-5H3,(H,15,17). The van der Waals surface area contributed by atoms with Gasteiger partial charge in [0.05, 0.1) is 6.04 Å². The van der Waals surface area contributed by atoms with E-state index in [1.54, 1.807) is 0 Å². The van der Waals surface area contributed by atoms with Gasteiger partial charge in [0.1, 0.15) is 6.61 Å². The van der Waals surface area contributed by atoms with Crippen LogP contribution in [0.2, 0.25) is 0 Å². The topological polar surface area (TPSA) is 55.4 Å². The summed E-state index contributed by atoms with van der Waals surface area (Å²) in [7, 11) is 0. The fraction of sp³-hybridized carbons (Fsp3) is 0.857. The van der Waals surface area contributed by atoms with Crippen LogP contribution in [0.5, 0.6) is 0 Å². The quantitative estimate of drug-likeness (QED) is 0.644. The molecule has 4 nitrogen and oxygen atoms in total. The highest BCUT2D eigenvalue weighted by molar-refractivity contribution is 5.88. The minimum atomic E-state index is -0.406. The smallest absolute Gasteiger partial charge is 0.246 e. The molecule has 0 saturated heterocycles. The van der Waals surface area contributed by atoms with Crippen LogP contribution in [0.3, 0.4) is 0 Å². The molecule has 1 unspecified atom stereocenters. The first-order valence-electron chi connectivity index (χ1n) is 6.72. The normalized spacial score (nSPS) is 12.8. The van der Waals surface area contributed by atoms with Crippen molar-refractivity contribution in [2.75, 3.05) is 13.2 Å². The van der Waals surface area contributed by atoms with E-state index in [-0.39, 0.29) is 24.2 Å². The van der Waals surface area contributed by atoms with E-state index in [2.05, 4.69) is 19.2 Å². The second-order valence-electron chi connectivity index (χ2n) is 5.49. The maximum absolute atomic E-state index is 11.6. The van der Waals surface area contributed by atoms with Crippen LogP contribution in [0.15, 0.2) is 0 Å². The Kier molecular flexibility index (Phi) is 8.63. The molecule has 0 aliphatic heterocycles. The second kappa shape index (κ2) is 9.09. The zero-order valence-corrected chi connectivity index (χ0v) is 12.3. The van der Waals surface area contributed by atoms with Gasteiger partial charge in [-0.25, -0.2) is 0 Å². The fourth-order valence-electron chi connectivity index (χ4n) is 1.71. The van der Waals surface area contributed by atoms with Gasteiger partial charge in [0, 0.05) is 6.61 Å². The van der Waals surface area contributed by atoms with Gasteiger partial charge in [0.25, 0.3) is 0 Å². The summed E-state index contributed by atoms with van der Waals surface area (Å²) in [6, 6.07) is -0.406. The van der Waals surface area contributed by atoms with Gasteiger partial charge >= 0.3 is 0 Å². The van der Waals surface area contributed by atoms with Crippen LogP contribution in [0, 0.1) is 11.8 Å². The van der Waals surface area contributed by atoms with Gasteiger partial charge in [-0.1, -0.05) is 27.7 Å². The van der Waals surface area contributed by atoms with E-state index in [1.165, 1.54) is 6.92 Å². The summed E-state index contributed by atoms with van der Waals surface area (Å²) in [5.41, 5.74) is 0. The number of Topliss-reactive ketones (excluding diaryl/α,β-unsaturated/α-hetero) is 1. The van der Waals surface area contributed by atoms with Crippen LogP contribution in [-0.4, -0.2) is 30.9 Å². The Balaban J connectivity index is 3.79. The van der Waals surface area contributed by atoms with E-state index in [9.17, 15) is 9.59 Å². The Morgan fingerprint density at radius 2 is 1.78 bits per heavy atom. The maximum Gasteiger partial charge on any atom is 0.246 e. The molecule has 0 aliphatic rings. The van der Waals surface area contributed by atoms with Crippen molar-refractivity contribution in [2.45, 2.75) is 53.5 Å². The lowest BCUT2D eigenvalue weighted by Gasteiger charge is -2.19. The number of rotatable bonds is 9. The van der Waals surface area contributed by atoms with Gasteiger partial charge in [-0.05, 0) is 31.6 Å².